The molecule has 2 N–H and O–H groups in total. The average Bonchev–Trinajstić information content (AvgIpc) is 2.00. The van der Waals surface area contributed by atoms with Crippen LogP contribution in [0.15, 0.2) is 0 Å². The first-order valence-electron chi connectivity index (χ1n) is 5.58. The van der Waals surface area contributed by atoms with Crippen molar-refractivity contribution in [1.82, 2.24) is 0 Å². The predicted molar refractivity (Wildman–Crippen MR) is 53.7 cm³/mol. The Morgan fingerprint density at radius 2 is 2.00 bits per heavy atom. The Kier molecular flexibility index (Phi) is 2.30. The van der Waals surface area contributed by atoms with E-state index in [0.29, 0.717) is 6.42 Å². The summed E-state index contributed by atoms with van der Waals surface area (Å²) in [6.07, 6.45) is 6.46. The number of nitrogens with two attached hydrogens (primary N) is 1. The number of esters is 1. The van der Waals surface area contributed by atoms with Gasteiger partial charge in [0, 0.05) is 31.2 Å². The lowest BCUT2D eigenvalue weighted by Gasteiger charge is -2.67. The van der Waals surface area contributed by atoms with Crippen LogP contribution in [0.2, 0.25) is 0 Å². The van der Waals surface area contributed by atoms with Crippen molar-refractivity contribution >= 4 is 5.97 Å². The first-order valence-corrected chi connectivity index (χ1v) is 5.58. The number of carbonyl (C=O) groups is 1. The second-order valence-corrected chi connectivity index (χ2v) is 5.01. The third-order valence-corrected chi connectivity index (χ3v) is 3.34. The minimum Gasteiger partial charge on any atom is -0.459 e. The van der Waals surface area contributed by atoms with Gasteiger partial charge in [-0.05, 0) is 6.42 Å². The molecular formula is C11H19NO2. The molecule has 3 saturated carbocycles. The molecule has 3 rings (SSSR count). The van der Waals surface area contributed by atoms with Gasteiger partial charge in [0.1, 0.15) is 5.60 Å². The molecule has 0 heterocycles. The van der Waals surface area contributed by atoms with Crippen molar-refractivity contribution in [1.29, 1.82) is 0 Å². The first kappa shape index (κ1) is 9.97. The Morgan fingerprint density at radius 1 is 1.36 bits per heavy atom. The van der Waals surface area contributed by atoms with Crippen LogP contribution in [-0.2, 0) is 9.53 Å². The summed E-state index contributed by atoms with van der Waals surface area (Å²) >= 11 is 0. The highest BCUT2D eigenvalue weighted by Gasteiger charge is 2.68. The van der Waals surface area contributed by atoms with Crippen LogP contribution < -0.4 is 5.73 Å². The fourth-order valence-corrected chi connectivity index (χ4v) is 2.69. The van der Waals surface area contributed by atoms with Crippen molar-refractivity contribution in [2.45, 2.75) is 63.0 Å². The van der Waals surface area contributed by atoms with Crippen LogP contribution in [0.3, 0.4) is 0 Å². The minimum absolute atomic E-state index is 0.0276. The van der Waals surface area contributed by atoms with E-state index in [4.69, 9.17) is 10.5 Å². The Morgan fingerprint density at radius 3 is 2.50 bits per heavy atom. The van der Waals surface area contributed by atoms with Crippen LogP contribution in [0.1, 0.15) is 51.9 Å². The van der Waals surface area contributed by atoms with Gasteiger partial charge in [-0.15, -0.1) is 0 Å². The Balaban J connectivity index is 1.64. The topological polar surface area (TPSA) is 52.3 Å². The molecule has 0 aromatic carbocycles. The standard InChI is InChI=1S/C11H19NO2/c1-2-3-4-5-9(13)14-11-6-10(12,7-11)8-11/h2-8,12H2,1H3. The third-order valence-electron chi connectivity index (χ3n) is 3.34. The molecule has 3 nitrogen and oxygen atoms in total. The normalized spacial score (nSPS) is 38.4. The number of hydrogen-bond donors (Lipinski definition) is 1. The first-order chi connectivity index (χ1) is 6.58. The molecule has 0 amide bonds. The molecule has 3 aliphatic carbocycles. The smallest absolute Gasteiger partial charge is 0.306 e. The average molecular weight is 197 g/mol. The van der Waals surface area contributed by atoms with Gasteiger partial charge in [0.05, 0.1) is 0 Å². The lowest BCUT2D eigenvalue weighted by molar-refractivity contribution is -0.233. The van der Waals surface area contributed by atoms with E-state index in [-0.39, 0.29) is 17.1 Å². The van der Waals surface area contributed by atoms with Crippen LogP contribution in [0.25, 0.3) is 0 Å². The van der Waals surface area contributed by atoms with Crippen molar-refractivity contribution in [3.05, 3.63) is 0 Å². The molecule has 0 spiro atoms. The molecule has 0 radical (unpaired) electrons. The summed E-state index contributed by atoms with van der Waals surface area (Å²) in [4.78, 5) is 11.4. The maximum Gasteiger partial charge on any atom is 0.306 e. The second kappa shape index (κ2) is 3.23. The van der Waals surface area contributed by atoms with Crippen molar-refractivity contribution in [2.75, 3.05) is 0 Å². The Bertz CT molecular complexity index is 230. The van der Waals surface area contributed by atoms with E-state index < -0.39 is 0 Å². The van der Waals surface area contributed by atoms with Crippen LogP contribution in [0.5, 0.6) is 0 Å². The van der Waals surface area contributed by atoms with Gasteiger partial charge in [-0.1, -0.05) is 19.8 Å². The zero-order valence-corrected chi connectivity index (χ0v) is 8.84. The maximum atomic E-state index is 11.4. The van der Waals surface area contributed by atoms with Crippen molar-refractivity contribution < 1.29 is 9.53 Å². The number of rotatable bonds is 5. The van der Waals surface area contributed by atoms with Crippen molar-refractivity contribution in [3.8, 4) is 0 Å². The number of hydrogen-bond acceptors (Lipinski definition) is 3. The molecule has 0 unspecified atom stereocenters. The monoisotopic (exact) mass is 197 g/mol. The molecule has 3 fully saturated rings. The Hall–Kier alpha value is -0.570. The quantitative estimate of drug-likeness (QED) is 0.539. The molecule has 14 heavy (non-hydrogen) atoms. The second-order valence-electron chi connectivity index (χ2n) is 5.01. The van der Waals surface area contributed by atoms with Gasteiger partial charge < -0.3 is 10.5 Å². The molecule has 0 saturated heterocycles. The summed E-state index contributed by atoms with van der Waals surface area (Å²) in [5.74, 6) is -0.0276. The number of unbranched alkanes of at least 4 members (excludes halogenated alkanes) is 2. The summed E-state index contributed by atoms with van der Waals surface area (Å²) in [7, 11) is 0. The maximum absolute atomic E-state index is 11.4. The SMILES string of the molecule is CCCCCC(=O)OC12CC(N)(C1)C2. The fourth-order valence-electron chi connectivity index (χ4n) is 2.69. The summed E-state index contributed by atoms with van der Waals surface area (Å²) in [6, 6.07) is 0. The van der Waals surface area contributed by atoms with Gasteiger partial charge in [-0.25, -0.2) is 0 Å². The van der Waals surface area contributed by atoms with E-state index in [1.807, 2.05) is 0 Å². The molecule has 0 atom stereocenters. The Labute approximate surface area is 85.0 Å². The summed E-state index contributed by atoms with van der Waals surface area (Å²) in [6.45, 7) is 2.13. The van der Waals surface area contributed by atoms with Gasteiger partial charge in [-0.2, -0.15) is 0 Å². The van der Waals surface area contributed by atoms with E-state index in [1.165, 1.54) is 0 Å². The minimum atomic E-state index is -0.127. The fraction of sp³-hybridized carbons (Fsp3) is 0.909. The van der Waals surface area contributed by atoms with E-state index in [2.05, 4.69) is 6.92 Å². The van der Waals surface area contributed by atoms with Gasteiger partial charge in [0.25, 0.3) is 0 Å². The highest BCUT2D eigenvalue weighted by atomic mass is 16.6. The van der Waals surface area contributed by atoms with Gasteiger partial charge in [0.2, 0.25) is 0 Å². The van der Waals surface area contributed by atoms with Crippen molar-refractivity contribution in [2.24, 2.45) is 5.73 Å². The molecule has 0 aromatic heterocycles. The molecule has 2 bridgehead atoms. The molecule has 3 heteroatoms. The van der Waals surface area contributed by atoms with Crippen LogP contribution in [0, 0.1) is 0 Å². The number of carbonyl (C=O) groups excluding carboxylic acids is 1. The highest BCUT2D eigenvalue weighted by molar-refractivity contribution is 5.70. The van der Waals surface area contributed by atoms with Gasteiger partial charge in [0.15, 0.2) is 0 Å². The van der Waals surface area contributed by atoms with Crippen molar-refractivity contribution in [3.63, 3.8) is 0 Å². The van der Waals surface area contributed by atoms with Gasteiger partial charge >= 0.3 is 5.97 Å². The van der Waals surface area contributed by atoms with E-state index in [0.717, 1.165) is 38.5 Å². The van der Waals surface area contributed by atoms with Crippen LogP contribution in [-0.4, -0.2) is 17.1 Å². The lowest BCUT2D eigenvalue weighted by atomic mass is 9.46. The molecule has 0 aromatic rings. The number of ether oxygens (including phenoxy) is 1. The highest BCUT2D eigenvalue weighted by Crippen LogP contribution is 2.61. The van der Waals surface area contributed by atoms with E-state index >= 15 is 0 Å². The summed E-state index contributed by atoms with van der Waals surface area (Å²) in [5, 5.41) is 0. The molecule has 80 valence electrons. The lowest BCUT2D eigenvalue weighted by Crippen LogP contribution is -2.77. The zero-order chi connectivity index (χ0) is 10.2. The van der Waals surface area contributed by atoms with Crippen LogP contribution >= 0.6 is 0 Å². The van der Waals surface area contributed by atoms with Gasteiger partial charge in [-0.3, -0.25) is 4.79 Å². The van der Waals surface area contributed by atoms with E-state index in [1.54, 1.807) is 0 Å². The molecule has 0 aliphatic heterocycles. The molecular weight excluding hydrogens is 178 g/mol. The largest absolute Gasteiger partial charge is 0.459 e. The zero-order valence-electron chi connectivity index (χ0n) is 8.84. The third kappa shape index (κ3) is 1.65. The molecule has 3 aliphatic rings. The van der Waals surface area contributed by atoms with Crippen LogP contribution in [0.4, 0.5) is 0 Å². The summed E-state index contributed by atoms with van der Waals surface area (Å²) < 4.78 is 5.43. The predicted octanol–water partition coefficient (Wildman–Crippen LogP) is 1.74. The van der Waals surface area contributed by atoms with E-state index in [9.17, 15) is 4.79 Å². The summed E-state index contributed by atoms with van der Waals surface area (Å²) in [5.41, 5.74) is 5.78.